The van der Waals surface area contributed by atoms with Crippen LogP contribution in [-0.2, 0) is 19.2 Å². The summed E-state index contributed by atoms with van der Waals surface area (Å²) in [7, 11) is 1.76. The topological polar surface area (TPSA) is 96.5 Å². The molecule has 3 aliphatic heterocycles. The predicted octanol–water partition coefficient (Wildman–Crippen LogP) is 5.20. The summed E-state index contributed by atoms with van der Waals surface area (Å²) < 4.78 is 0. The van der Waals surface area contributed by atoms with Crippen LogP contribution in [0.25, 0.3) is 0 Å². The number of hydrogen-bond donors (Lipinski definition) is 1. The molecule has 1 unspecified atom stereocenters. The summed E-state index contributed by atoms with van der Waals surface area (Å²) in [4.78, 5) is 65.4. The van der Waals surface area contributed by atoms with Gasteiger partial charge in [-0.3, -0.25) is 24.1 Å². The number of para-hydroxylation sites is 1. The molecule has 1 aromatic rings. The molecule has 11 heteroatoms. The number of piperazine rings is 1. The van der Waals surface area contributed by atoms with Crippen molar-refractivity contribution in [1.82, 2.24) is 24.9 Å². The Morgan fingerprint density at radius 2 is 1.54 bits per heavy atom. The van der Waals surface area contributed by atoms with Gasteiger partial charge in [-0.05, 0) is 76.5 Å². The van der Waals surface area contributed by atoms with Gasteiger partial charge in [0.25, 0.3) is 0 Å². The van der Waals surface area contributed by atoms with Crippen LogP contribution in [0.3, 0.4) is 0 Å². The maximum Gasteiger partial charge on any atom is 0.249 e. The van der Waals surface area contributed by atoms with E-state index in [1.807, 2.05) is 69.9 Å². The molecule has 0 saturated carbocycles. The molecule has 278 valence electrons. The van der Waals surface area contributed by atoms with Crippen LogP contribution in [0.4, 0.5) is 5.69 Å². The molecule has 10 nitrogen and oxygen atoms in total. The van der Waals surface area contributed by atoms with Crippen LogP contribution in [0.15, 0.2) is 35.9 Å². The third kappa shape index (κ3) is 9.21. The van der Waals surface area contributed by atoms with Crippen molar-refractivity contribution in [3.8, 4) is 0 Å². The van der Waals surface area contributed by atoms with E-state index in [9.17, 15) is 19.2 Å². The third-order valence-electron chi connectivity index (χ3n) is 10.7. The van der Waals surface area contributed by atoms with E-state index < -0.39 is 17.5 Å². The lowest BCUT2D eigenvalue weighted by atomic mass is 9.84. The number of likely N-dealkylation sites (N-methyl/N-ethyl adjacent to an activating group) is 1. The second-order valence-electron chi connectivity index (χ2n) is 16.1. The third-order valence-corrected chi connectivity index (χ3v) is 11.0. The first-order chi connectivity index (χ1) is 23.5. The molecule has 0 aliphatic carbocycles. The van der Waals surface area contributed by atoms with Crippen LogP contribution in [0.1, 0.15) is 87.5 Å². The van der Waals surface area contributed by atoms with E-state index in [4.69, 9.17) is 11.6 Å². The zero-order valence-corrected chi connectivity index (χ0v) is 32.6. The monoisotopic (exact) mass is 712 g/mol. The van der Waals surface area contributed by atoms with E-state index in [0.717, 1.165) is 37.9 Å². The van der Waals surface area contributed by atoms with Crippen LogP contribution in [0.5, 0.6) is 0 Å². The highest BCUT2D eigenvalue weighted by Crippen LogP contribution is 2.29. The molecule has 4 rings (SSSR count). The first-order valence-corrected chi connectivity index (χ1v) is 19.0. The minimum absolute atomic E-state index is 0.00298. The number of halogens is 1. The number of likely N-dealkylation sites (tertiary alicyclic amines) is 2. The molecule has 3 fully saturated rings. The van der Waals surface area contributed by atoms with E-state index >= 15 is 0 Å². The largest absolute Gasteiger partial charge is 0.367 e. The first-order valence-electron chi connectivity index (χ1n) is 18.6. The van der Waals surface area contributed by atoms with Crippen LogP contribution in [-0.4, -0.2) is 120 Å². The van der Waals surface area contributed by atoms with Gasteiger partial charge in [-0.1, -0.05) is 70.8 Å². The molecule has 3 heterocycles. The van der Waals surface area contributed by atoms with Crippen LogP contribution < -0.4 is 10.2 Å². The van der Waals surface area contributed by atoms with Crippen molar-refractivity contribution in [3.63, 3.8) is 0 Å². The molecule has 0 spiro atoms. The molecule has 1 N–H and O–H groups in total. The van der Waals surface area contributed by atoms with E-state index in [1.165, 1.54) is 0 Å². The number of piperidine rings is 1. The highest BCUT2D eigenvalue weighted by molar-refractivity contribution is 6.33. The van der Waals surface area contributed by atoms with Crippen LogP contribution in [0.2, 0.25) is 5.02 Å². The molecular weight excluding hydrogens is 652 g/mol. The van der Waals surface area contributed by atoms with Crippen molar-refractivity contribution in [2.24, 2.45) is 11.3 Å². The Bertz CT molecular complexity index is 1400. The Morgan fingerprint density at radius 3 is 2.14 bits per heavy atom. The predicted molar refractivity (Wildman–Crippen MR) is 201 cm³/mol. The molecule has 0 aromatic heterocycles. The van der Waals surface area contributed by atoms with Gasteiger partial charge < -0.3 is 24.9 Å². The zero-order chi connectivity index (χ0) is 36.9. The summed E-state index contributed by atoms with van der Waals surface area (Å²) in [6, 6.07) is 6.12. The Hall–Kier alpha value is -3.11. The summed E-state index contributed by atoms with van der Waals surface area (Å²) in [5.74, 6) is -0.457. The summed E-state index contributed by atoms with van der Waals surface area (Å²) in [5.41, 5.74) is 0.954. The maximum atomic E-state index is 14.2. The lowest BCUT2D eigenvalue weighted by Gasteiger charge is -2.41. The van der Waals surface area contributed by atoms with E-state index in [1.54, 1.807) is 23.8 Å². The summed E-state index contributed by atoms with van der Waals surface area (Å²) in [6.07, 6.45) is 6.12. The van der Waals surface area contributed by atoms with Gasteiger partial charge in [0.2, 0.25) is 23.6 Å². The molecule has 4 atom stereocenters. The number of anilines is 1. The molecule has 4 amide bonds. The Labute approximate surface area is 305 Å². The average molecular weight is 713 g/mol. The van der Waals surface area contributed by atoms with Crippen molar-refractivity contribution in [2.45, 2.75) is 118 Å². The lowest BCUT2D eigenvalue weighted by Crippen LogP contribution is -2.60. The molecule has 3 saturated heterocycles. The normalized spacial score (nSPS) is 22.2. The molecule has 1 aromatic carbocycles. The number of carbonyl (C=O) groups is 4. The maximum absolute atomic E-state index is 14.2. The van der Waals surface area contributed by atoms with Gasteiger partial charge >= 0.3 is 0 Å². The highest BCUT2D eigenvalue weighted by atomic mass is 35.5. The number of nitrogens with one attached hydrogen (secondary N) is 1. The fourth-order valence-electron chi connectivity index (χ4n) is 7.75. The number of hydrogen-bond acceptors (Lipinski definition) is 6. The summed E-state index contributed by atoms with van der Waals surface area (Å²) in [6.45, 7) is 19.9. The second-order valence-corrected chi connectivity index (χ2v) is 16.5. The molecular formula is C39H61ClN6O4. The number of carbonyl (C=O) groups excluding carboxylic acids is 4. The van der Waals surface area contributed by atoms with Crippen LogP contribution in [0, 0.1) is 11.3 Å². The fourth-order valence-corrected chi connectivity index (χ4v) is 8.01. The van der Waals surface area contributed by atoms with Gasteiger partial charge in [0.15, 0.2) is 0 Å². The van der Waals surface area contributed by atoms with Crippen molar-refractivity contribution in [1.29, 1.82) is 0 Å². The number of amides is 4. The Morgan fingerprint density at radius 1 is 0.900 bits per heavy atom. The second kappa shape index (κ2) is 16.9. The first kappa shape index (κ1) is 39.7. The number of rotatable bonds is 10. The average Bonchev–Trinajstić information content (AvgIpc) is 3.58. The fraction of sp³-hybridized carbons (Fsp3) is 0.692. The van der Waals surface area contributed by atoms with E-state index in [0.29, 0.717) is 49.7 Å². The van der Waals surface area contributed by atoms with Crippen molar-refractivity contribution in [3.05, 3.63) is 40.9 Å². The van der Waals surface area contributed by atoms with Gasteiger partial charge in [-0.25, -0.2) is 0 Å². The Kier molecular flexibility index (Phi) is 13.4. The van der Waals surface area contributed by atoms with Gasteiger partial charge in [0.1, 0.15) is 12.1 Å². The smallest absolute Gasteiger partial charge is 0.249 e. The minimum Gasteiger partial charge on any atom is -0.367 e. The van der Waals surface area contributed by atoms with E-state index in [-0.39, 0.29) is 47.7 Å². The standard InChI is InChI=1S/C39H61ClN6O4/c1-26(2)33(42(9)38(50)34(39(6,7)8)41-35(47)31-17-12-13-19-45(31)27(3)4)25-28(5)36(48)46-20-14-18-32(46)37(49)44-23-21-43(22-24-44)30-16-11-10-15-29(30)40/h10-11,15-16,25-27,31-34H,12-14,17-24H2,1-9H3,(H,41,47)/b28-25+/t31?,32-,33+,34+/m0/s1. The zero-order valence-electron chi connectivity index (χ0n) is 31.9. The quantitative estimate of drug-likeness (QED) is 0.335. The van der Waals surface area contributed by atoms with Crippen molar-refractivity contribution >= 4 is 40.9 Å². The summed E-state index contributed by atoms with van der Waals surface area (Å²) in [5, 5.41) is 3.85. The van der Waals surface area contributed by atoms with Gasteiger partial charge in [-0.2, -0.15) is 0 Å². The van der Waals surface area contributed by atoms with E-state index in [2.05, 4.69) is 29.0 Å². The lowest BCUT2D eigenvalue weighted by molar-refractivity contribution is -0.142. The van der Waals surface area contributed by atoms with Crippen LogP contribution >= 0.6 is 11.6 Å². The summed E-state index contributed by atoms with van der Waals surface area (Å²) >= 11 is 6.42. The van der Waals surface area contributed by atoms with Crippen molar-refractivity contribution < 1.29 is 19.2 Å². The van der Waals surface area contributed by atoms with Gasteiger partial charge in [0.05, 0.1) is 22.8 Å². The number of nitrogens with zero attached hydrogens (tertiary/aromatic N) is 5. The minimum atomic E-state index is -0.736. The van der Waals surface area contributed by atoms with Gasteiger partial charge in [0, 0.05) is 51.4 Å². The SMILES string of the molecule is C/C(=C\[C@H](C(C)C)N(C)C(=O)[C@@H](NC(=O)C1CCCCN1C(C)C)C(C)(C)C)C(=O)N1CCC[C@H]1C(=O)N1CCN(c2ccccc2Cl)CC1. The van der Waals surface area contributed by atoms with Crippen molar-refractivity contribution in [2.75, 3.05) is 51.2 Å². The number of benzene rings is 1. The highest BCUT2D eigenvalue weighted by Gasteiger charge is 2.41. The molecule has 0 radical (unpaired) electrons. The molecule has 50 heavy (non-hydrogen) atoms. The Balaban J connectivity index is 1.44. The molecule has 3 aliphatic rings. The van der Waals surface area contributed by atoms with Gasteiger partial charge in [-0.15, -0.1) is 0 Å². The molecule has 0 bridgehead atoms.